The van der Waals surface area contributed by atoms with Gasteiger partial charge in [0.15, 0.2) is 4.67 Å². The lowest BCUT2D eigenvalue weighted by Crippen LogP contribution is -1.99. The highest BCUT2D eigenvalue weighted by atomic mass is 79.9. The van der Waals surface area contributed by atoms with Crippen molar-refractivity contribution in [1.82, 2.24) is 0 Å². The van der Waals surface area contributed by atoms with Crippen LogP contribution in [0.4, 0.5) is 5.69 Å². The lowest BCUT2D eigenvalue weighted by Gasteiger charge is -2.07. The Hall–Kier alpha value is -1.33. The van der Waals surface area contributed by atoms with E-state index in [2.05, 4.69) is 15.9 Å². The Kier molecular flexibility index (Phi) is 4.04. The maximum absolute atomic E-state index is 10.9. The van der Waals surface area contributed by atoms with Crippen LogP contribution in [0.2, 0.25) is 0 Å². The second-order valence-electron chi connectivity index (χ2n) is 3.70. The van der Waals surface area contributed by atoms with E-state index in [0.29, 0.717) is 22.4 Å². The van der Waals surface area contributed by atoms with Crippen molar-refractivity contribution >= 4 is 33.2 Å². The monoisotopic (exact) mass is 329 g/mol. The molecule has 18 heavy (non-hydrogen) atoms. The highest BCUT2D eigenvalue weighted by Crippen LogP contribution is 2.31. The number of halogens is 2. The van der Waals surface area contributed by atoms with Crippen molar-refractivity contribution in [3.8, 4) is 0 Å². The molecule has 0 saturated heterocycles. The van der Waals surface area contributed by atoms with E-state index in [1.54, 1.807) is 30.3 Å². The average molecular weight is 331 g/mol. The lowest BCUT2D eigenvalue weighted by atomic mass is 10.1. The van der Waals surface area contributed by atoms with Crippen LogP contribution >= 0.6 is 27.5 Å². The minimum atomic E-state index is -0.433. The van der Waals surface area contributed by atoms with Gasteiger partial charge in [-0.2, -0.15) is 0 Å². The molecule has 94 valence electrons. The van der Waals surface area contributed by atoms with E-state index in [1.165, 1.54) is 6.07 Å². The van der Waals surface area contributed by atoms with Crippen LogP contribution in [0.15, 0.2) is 45.5 Å². The van der Waals surface area contributed by atoms with Gasteiger partial charge < -0.3 is 4.42 Å². The molecule has 0 N–H and O–H groups in total. The minimum Gasteiger partial charge on any atom is -0.453 e. The molecule has 0 fully saturated rings. The van der Waals surface area contributed by atoms with Gasteiger partial charge >= 0.3 is 0 Å². The summed E-state index contributed by atoms with van der Waals surface area (Å²) >= 11 is 9.38. The molecule has 2 rings (SSSR count). The molecule has 0 aliphatic carbocycles. The van der Waals surface area contributed by atoms with Crippen LogP contribution in [-0.4, -0.2) is 4.92 Å². The molecule has 1 heterocycles. The molecule has 1 aromatic heterocycles. The van der Waals surface area contributed by atoms with Crippen LogP contribution < -0.4 is 0 Å². The molecule has 6 heteroatoms. The Morgan fingerprint density at radius 1 is 1.33 bits per heavy atom. The summed E-state index contributed by atoms with van der Waals surface area (Å²) in [5, 5.41) is 10.4. The van der Waals surface area contributed by atoms with Crippen molar-refractivity contribution in [3.05, 3.63) is 62.5 Å². The largest absolute Gasteiger partial charge is 0.453 e. The number of benzene rings is 1. The minimum absolute atomic E-state index is 0.0776. The summed E-state index contributed by atoms with van der Waals surface area (Å²) in [6, 6.07) is 10.0. The summed E-state index contributed by atoms with van der Waals surface area (Å²) in [7, 11) is 0. The summed E-state index contributed by atoms with van der Waals surface area (Å²) < 4.78 is 5.92. The number of hydrogen-bond donors (Lipinski definition) is 0. The SMILES string of the molecule is O=[N+]([O-])c1ccccc1CC(Cl)c1ccc(Br)o1. The molecule has 0 bridgehead atoms. The van der Waals surface area contributed by atoms with E-state index >= 15 is 0 Å². The van der Waals surface area contributed by atoms with E-state index < -0.39 is 10.3 Å². The molecule has 0 spiro atoms. The molecule has 0 radical (unpaired) electrons. The predicted molar refractivity (Wildman–Crippen MR) is 71.8 cm³/mol. The van der Waals surface area contributed by atoms with E-state index in [4.69, 9.17) is 16.0 Å². The third-order valence-corrected chi connectivity index (χ3v) is 3.29. The second kappa shape index (κ2) is 5.54. The summed E-state index contributed by atoms with van der Waals surface area (Å²) in [5.74, 6) is 0.585. The van der Waals surface area contributed by atoms with Crippen LogP contribution in [0.1, 0.15) is 16.7 Å². The van der Waals surface area contributed by atoms with E-state index in [9.17, 15) is 10.1 Å². The van der Waals surface area contributed by atoms with Gasteiger partial charge in [0.05, 0.1) is 10.3 Å². The molecule has 0 amide bonds. The second-order valence-corrected chi connectivity index (χ2v) is 5.01. The summed E-state index contributed by atoms with van der Waals surface area (Å²) in [5.41, 5.74) is 0.670. The molecule has 0 aliphatic heterocycles. The third kappa shape index (κ3) is 2.91. The maximum atomic E-state index is 10.9. The first-order chi connectivity index (χ1) is 8.58. The number of alkyl halides is 1. The third-order valence-electron chi connectivity index (χ3n) is 2.49. The van der Waals surface area contributed by atoms with Gasteiger partial charge in [-0.25, -0.2) is 0 Å². The number of furan rings is 1. The van der Waals surface area contributed by atoms with Gasteiger partial charge in [-0.05, 0) is 28.1 Å². The van der Waals surface area contributed by atoms with Gasteiger partial charge in [0.2, 0.25) is 0 Å². The highest BCUT2D eigenvalue weighted by molar-refractivity contribution is 9.10. The highest BCUT2D eigenvalue weighted by Gasteiger charge is 2.19. The smallest absolute Gasteiger partial charge is 0.272 e. The fraction of sp³-hybridized carbons (Fsp3) is 0.167. The number of nitro benzene ring substituents is 1. The predicted octanol–water partition coefficient (Wildman–Crippen LogP) is 4.47. The zero-order valence-corrected chi connectivity index (χ0v) is 11.5. The Morgan fingerprint density at radius 3 is 2.67 bits per heavy atom. The zero-order chi connectivity index (χ0) is 13.1. The first-order valence-corrected chi connectivity index (χ1v) is 6.42. The molecular weight excluding hydrogens is 321 g/mol. The van der Waals surface area contributed by atoms with Crippen LogP contribution in [0.5, 0.6) is 0 Å². The van der Waals surface area contributed by atoms with Crippen LogP contribution in [0, 0.1) is 10.1 Å². The van der Waals surface area contributed by atoms with Crippen molar-refractivity contribution in [3.63, 3.8) is 0 Å². The summed E-state index contributed by atoms with van der Waals surface area (Å²) in [6.07, 6.45) is 0.346. The van der Waals surface area contributed by atoms with Gasteiger partial charge in [0.25, 0.3) is 5.69 Å². The topological polar surface area (TPSA) is 56.3 Å². The van der Waals surface area contributed by atoms with Gasteiger partial charge in [0, 0.05) is 18.1 Å². The van der Waals surface area contributed by atoms with Crippen molar-refractivity contribution in [2.75, 3.05) is 0 Å². The molecule has 2 aromatic rings. The maximum Gasteiger partial charge on any atom is 0.272 e. The summed E-state index contributed by atoms with van der Waals surface area (Å²) in [4.78, 5) is 10.5. The molecule has 4 nitrogen and oxygen atoms in total. The zero-order valence-electron chi connectivity index (χ0n) is 9.18. The van der Waals surface area contributed by atoms with Crippen LogP contribution in [0.3, 0.4) is 0 Å². The fourth-order valence-electron chi connectivity index (χ4n) is 1.65. The van der Waals surface area contributed by atoms with Gasteiger partial charge in [-0.3, -0.25) is 10.1 Å². The fourth-order valence-corrected chi connectivity index (χ4v) is 2.25. The molecule has 0 aliphatic rings. The molecular formula is C12H9BrClNO3. The van der Waals surface area contributed by atoms with Crippen molar-refractivity contribution in [1.29, 1.82) is 0 Å². The average Bonchev–Trinajstić information content (AvgIpc) is 2.76. The van der Waals surface area contributed by atoms with Gasteiger partial charge in [-0.1, -0.05) is 18.2 Å². The Bertz CT molecular complexity index is 570. The Morgan fingerprint density at radius 2 is 2.06 bits per heavy atom. The molecule has 1 unspecified atom stereocenters. The first-order valence-electron chi connectivity index (χ1n) is 5.19. The number of hydrogen-bond acceptors (Lipinski definition) is 3. The van der Waals surface area contributed by atoms with Gasteiger partial charge in [0.1, 0.15) is 5.76 Å². The van der Waals surface area contributed by atoms with Crippen molar-refractivity contribution in [2.24, 2.45) is 0 Å². The van der Waals surface area contributed by atoms with E-state index in [0.717, 1.165) is 0 Å². The number of rotatable bonds is 4. The Labute approximate surface area is 117 Å². The van der Waals surface area contributed by atoms with Crippen LogP contribution in [-0.2, 0) is 6.42 Å². The number of para-hydroxylation sites is 1. The number of nitrogens with zero attached hydrogens (tertiary/aromatic N) is 1. The summed E-state index contributed by atoms with van der Waals surface area (Å²) in [6.45, 7) is 0. The van der Waals surface area contributed by atoms with Crippen LogP contribution in [0.25, 0.3) is 0 Å². The van der Waals surface area contributed by atoms with E-state index in [1.807, 2.05) is 0 Å². The number of nitro groups is 1. The van der Waals surface area contributed by atoms with Gasteiger partial charge in [-0.15, -0.1) is 11.6 Å². The molecule has 1 atom stereocenters. The molecule has 1 aromatic carbocycles. The van der Waals surface area contributed by atoms with Crippen molar-refractivity contribution in [2.45, 2.75) is 11.8 Å². The standard InChI is InChI=1S/C12H9BrClNO3/c13-12-6-5-11(18-12)9(14)7-8-3-1-2-4-10(8)15(16)17/h1-6,9H,7H2. The quantitative estimate of drug-likeness (QED) is 0.472. The van der Waals surface area contributed by atoms with Crippen molar-refractivity contribution < 1.29 is 9.34 Å². The van der Waals surface area contributed by atoms with E-state index in [-0.39, 0.29) is 5.69 Å². The normalized spacial score (nSPS) is 12.3. The first kappa shape index (κ1) is 13.1. The molecule has 0 saturated carbocycles. The lowest BCUT2D eigenvalue weighted by molar-refractivity contribution is -0.385. The Balaban J connectivity index is 2.21.